The first-order chi connectivity index (χ1) is 9.95. The minimum atomic E-state index is -3.42. The van der Waals surface area contributed by atoms with E-state index in [9.17, 15) is 8.42 Å². The minimum Gasteiger partial charge on any atom is -0.492 e. The van der Waals surface area contributed by atoms with Crippen molar-refractivity contribution in [1.29, 1.82) is 0 Å². The first kappa shape index (κ1) is 16.2. The van der Waals surface area contributed by atoms with Crippen LogP contribution in [-0.2, 0) is 10.0 Å². The summed E-state index contributed by atoms with van der Waals surface area (Å²) >= 11 is 0. The summed E-state index contributed by atoms with van der Waals surface area (Å²) in [6.45, 7) is 1.96. The standard InChI is InChI=1S/C14H23N3O3S/c1-16(2)12-7-9-17(11-12)21(18,19)14-5-3-13(4-6-14)20-10-8-15/h3-6,12H,7-11,15H2,1-2H3. The van der Waals surface area contributed by atoms with E-state index in [1.54, 1.807) is 28.6 Å². The van der Waals surface area contributed by atoms with Gasteiger partial charge in [-0.3, -0.25) is 0 Å². The molecule has 2 rings (SSSR count). The van der Waals surface area contributed by atoms with Gasteiger partial charge < -0.3 is 15.4 Å². The molecule has 0 radical (unpaired) electrons. The summed E-state index contributed by atoms with van der Waals surface area (Å²) in [4.78, 5) is 2.38. The Morgan fingerprint density at radius 2 is 2.00 bits per heavy atom. The number of nitrogens with zero attached hydrogens (tertiary/aromatic N) is 2. The normalized spacial score (nSPS) is 20.1. The predicted molar refractivity (Wildman–Crippen MR) is 81.8 cm³/mol. The Labute approximate surface area is 126 Å². The number of rotatable bonds is 6. The van der Waals surface area contributed by atoms with Crippen LogP contribution in [0.25, 0.3) is 0 Å². The molecule has 1 aromatic carbocycles. The van der Waals surface area contributed by atoms with Gasteiger partial charge >= 0.3 is 0 Å². The molecule has 1 heterocycles. The van der Waals surface area contributed by atoms with Crippen LogP contribution in [0.15, 0.2) is 29.2 Å². The Morgan fingerprint density at radius 3 is 2.52 bits per heavy atom. The van der Waals surface area contributed by atoms with Crippen LogP contribution in [0.1, 0.15) is 6.42 Å². The molecule has 2 N–H and O–H groups in total. The van der Waals surface area contributed by atoms with Gasteiger partial charge in [-0.25, -0.2) is 8.42 Å². The SMILES string of the molecule is CN(C)C1CCN(S(=O)(=O)c2ccc(OCCN)cc2)C1. The molecule has 118 valence electrons. The van der Waals surface area contributed by atoms with Crippen LogP contribution in [0.5, 0.6) is 5.75 Å². The van der Waals surface area contributed by atoms with Crippen molar-refractivity contribution in [2.75, 3.05) is 40.3 Å². The van der Waals surface area contributed by atoms with Crippen molar-refractivity contribution in [1.82, 2.24) is 9.21 Å². The van der Waals surface area contributed by atoms with Crippen LogP contribution in [0.4, 0.5) is 0 Å². The van der Waals surface area contributed by atoms with Crippen LogP contribution < -0.4 is 10.5 Å². The highest BCUT2D eigenvalue weighted by Gasteiger charge is 2.33. The molecule has 1 saturated heterocycles. The van der Waals surface area contributed by atoms with Gasteiger partial charge in [0.15, 0.2) is 0 Å². The van der Waals surface area contributed by atoms with E-state index in [-0.39, 0.29) is 6.04 Å². The zero-order valence-electron chi connectivity index (χ0n) is 12.5. The number of sulfonamides is 1. The van der Waals surface area contributed by atoms with Gasteiger partial charge in [0, 0.05) is 25.7 Å². The van der Waals surface area contributed by atoms with Gasteiger partial charge in [0.05, 0.1) is 4.90 Å². The molecule has 1 atom stereocenters. The first-order valence-electron chi connectivity index (χ1n) is 7.04. The van der Waals surface area contributed by atoms with Crippen LogP contribution >= 0.6 is 0 Å². The average molecular weight is 313 g/mol. The molecular weight excluding hydrogens is 290 g/mol. The van der Waals surface area contributed by atoms with Gasteiger partial charge in [0.1, 0.15) is 12.4 Å². The molecule has 0 amide bonds. The molecule has 0 aliphatic carbocycles. The lowest BCUT2D eigenvalue weighted by Crippen LogP contribution is -2.34. The van der Waals surface area contributed by atoms with E-state index in [1.165, 1.54) is 0 Å². The Balaban J connectivity index is 2.09. The smallest absolute Gasteiger partial charge is 0.243 e. The summed E-state index contributed by atoms with van der Waals surface area (Å²) < 4.78 is 32.1. The third-order valence-corrected chi connectivity index (χ3v) is 5.58. The minimum absolute atomic E-state index is 0.284. The Morgan fingerprint density at radius 1 is 1.33 bits per heavy atom. The average Bonchev–Trinajstić information content (AvgIpc) is 2.96. The Kier molecular flexibility index (Phi) is 5.21. The van der Waals surface area contributed by atoms with E-state index in [0.29, 0.717) is 36.9 Å². The molecule has 0 spiro atoms. The quantitative estimate of drug-likeness (QED) is 0.820. The second kappa shape index (κ2) is 6.74. The molecule has 1 unspecified atom stereocenters. The van der Waals surface area contributed by atoms with Crippen molar-refractivity contribution in [3.63, 3.8) is 0 Å². The van der Waals surface area contributed by atoms with E-state index in [1.807, 2.05) is 14.1 Å². The maximum atomic E-state index is 12.6. The van der Waals surface area contributed by atoms with Crippen molar-refractivity contribution in [2.24, 2.45) is 5.73 Å². The number of hydrogen-bond donors (Lipinski definition) is 1. The third kappa shape index (κ3) is 3.74. The molecule has 7 heteroatoms. The third-order valence-electron chi connectivity index (χ3n) is 3.70. The fourth-order valence-corrected chi connectivity index (χ4v) is 3.88. The fourth-order valence-electron chi connectivity index (χ4n) is 2.38. The molecular formula is C14H23N3O3S. The number of hydrogen-bond acceptors (Lipinski definition) is 5. The summed E-state index contributed by atoms with van der Waals surface area (Å²) in [5.74, 6) is 0.631. The molecule has 0 aromatic heterocycles. The highest BCUT2D eigenvalue weighted by Crippen LogP contribution is 2.24. The van der Waals surface area contributed by atoms with Crippen LogP contribution in [0, 0.1) is 0 Å². The zero-order chi connectivity index (χ0) is 15.5. The molecule has 1 aliphatic rings. The summed E-state index contributed by atoms with van der Waals surface area (Å²) in [6.07, 6.45) is 0.865. The van der Waals surface area contributed by atoms with E-state index >= 15 is 0 Å². The van der Waals surface area contributed by atoms with Crippen molar-refractivity contribution in [2.45, 2.75) is 17.4 Å². The number of likely N-dealkylation sites (N-methyl/N-ethyl adjacent to an activating group) is 1. The van der Waals surface area contributed by atoms with Gasteiger partial charge in [0.25, 0.3) is 0 Å². The van der Waals surface area contributed by atoms with Crippen LogP contribution in [0.3, 0.4) is 0 Å². The van der Waals surface area contributed by atoms with Crippen molar-refractivity contribution >= 4 is 10.0 Å². The van der Waals surface area contributed by atoms with Gasteiger partial charge in [-0.1, -0.05) is 0 Å². The summed E-state index contributed by atoms with van der Waals surface area (Å²) in [6, 6.07) is 6.80. The highest BCUT2D eigenvalue weighted by atomic mass is 32.2. The van der Waals surface area contributed by atoms with Crippen LogP contribution in [0.2, 0.25) is 0 Å². The van der Waals surface area contributed by atoms with E-state index in [0.717, 1.165) is 6.42 Å². The Hall–Kier alpha value is -1.15. The first-order valence-corrected chi connectivity index (χ1v) is 8.48. The maximum Gasteiger partial charge on any atom is 0.243 e. The lowest BCUT2D eigenvalue weighted by atomic mass is 10.2. The Bertz CT molecular complexity index is 557. The van der Waals surface area contributed by atoms with Crippen molar-refractivity contribution in [3.8, 4) is 5.75 Å². The summed E-state index contributed by atoms with van der Waals surface area (Å²) in [5.41, 5.74) is 5.36. The summed E-state index contributed by atoms with van der Waals surface area (Å²) in [5, 5.41) is 0. The van der Waals surface area contributed by atoms with E-state index < -0.39 is 10.0 Å². The zero-order valence-corrected chi connectivity index (χ0v) is 13.3. The van der Waals surface area contributed by atoms with Gasteiger partial charge in [-0.2, -0.15) is 4.31 Å². The molecule has 0 bridgehead atoms. The lowest BCUT2D eigenvalue weighted by Gasteiger charge is -2.20. The lowest BCUT2D eigenvalue weighted by molar-refractivity contribution is 0.302. The monoisotopic (exact) mass is 313 g/mol. The second-order valence-electron chi connectivity index (χ2n) is 5.38. The van der Waals surface area contributed by atoms with Crippen molar-refractivity contribution in [3.05, 3.63) is 24.3 Å². The maximum absolute atomic E-state index is 12.6. The topological polar surface area (TPSA) is 75.9 Å². The summed E-state index contributed by atoms with van der Waals surface area (Å²) in [7, 11) is 0.537. The van der Waals surface area contributed by atoms with Gasteiger partial charge in [-0.15, -0.1) is 0 Å². The number of ether oxygens (including phenoxy) is 1. The highest BCUT2D eigenvalue weighted by molar-refractivity contribution is 7.89. The molecule has 1 aromatic rings. The van der Waals surface area contributed by atoms with Crippen LogP contribution in [-0.4, -0.2) is 64.0 Å². The molecule has 6 nitrogen and oxygen atoms in total. The molecule has 1 aliphatic heterocycles. The van der Waals surface area contributed by atoms with Gasteiger partial charge in [0.2, 0.25) is 10.0 Å². The molecule has 1 fully saturated rings. The number of nitrogens with two attached hydrogens (primary N) is 1. The molecule has 21 heavy (non-hydrogen) atoms. The van der Waals surface area contributed by atoms with Gasteiger partial charge in [-0.05, 0) is 44.8 Å². The van der Waals surface area contributed by atoms with Crippen molar-refractivity contribution < 1.29 is 13.2 Å². The predicted octanol–water partition coefficient (Wildman–Crippen LogP) is 0.349. The second-order valence-corrected chi connectivity index (χ2v) is 7.32. The van der Waals surface area contributed by atoms with E-state index in [4.69, 9.17) is 10.5 Å². The number of benzene rings is 1. The van der Waals surface area contributed by atoms with E-state index in [2.05, 4.69) is 4.90 Å². The largest absolute Gasteiger partial charge is 0.492 e. The molecule has 0 saturated carbocycles. The fraction of sp³-hybridized carbons (Fsp3) is 0.571.